The van der Waals surface area contributed by atoms with Gasteiger partial charge in [-0.2, -0.15) is 0 Å². The number of benzene rings is 1. The molecule has 2 unspecified atom stereocenters. The van der Waals surface area contributed by atoms with Crippen molar-refractivity contribution in [3.05, 3.63) is 29.6 Å². The van der Waals surface area contributed by atoms with Crippen LogP contribution in [0.2, 0.25) is 0 Å². The van der Waals surface area contributed by atoms with E-state index in [1.807, 2.05) is 6.07 Å². The summed E-state index contributed by atoms with van der Waals surface area (Å²) in [5.74, 6) is 1.57. The number of nitrogens with zero attached hydrogens (tertiary/aromatic N) is 2. The van der Waals surface area contributed by atoms with E-state index in [1.54, 1.807) is 12.1 Å². The Labute approximate surface area is 123 Å². The largest absolute Gasteiger partial charge is 0.478 e. The van der Waals surface area contributed by atoms with Crippen molar-refractivity contribution in [1.29, 1.82) is 0 Å². The first-order valence-electron chi connectivity index (χ1n) is 7.90. The van der Waals surface area contributed by atoms with Gasteiger partial charge in [-0.1, -0.05) is 13.3 Å². The van der Waals surface area contributed by atoms with Gasteiger partial charge in [0.05, 0.1) is 16.6 Å². The molecule has 0 aliphatic heterocycles. The summed E-state index contributed by atoms with van der Waals surface area (Å²) in [6.07, 6.45) is 6.21. The highest BCUT2D eigenvalue weighted by Gasteiger charge is 2.34. The third-order valence-corrected chi connectivity index (χ3v) is 5.05. The van der Waals surface area contributed by atoms with E-state index in [0.29, 0.717) is 23.4 Å². The van der Waals surface area contributed by atoms with Crippen LogP contribution >= 0.6 is 0 Å². The molecule has 110 valence electrons. The average Bonchev–Trinajstić information content (AvgIpc) is 3.12. The van der Waals surface area contributed by atoms with Crippen LogP contribution in [0.25, 0.3) is 11.0 Å². The fourth-order valence-corrected chi connectivity index (χ4v) is 3.74. The molecular weight excluding hydrogens is 264 g/mol. The number of carboxylic acids is 1. The van der Waals surface area contributed by atoms with E-state index in [0.717, 1.165) is 11.0 Å². The summed E-state index contributed by atoms with van der Waals surface area (Å²) in [5.41, 5.74) is 2.28. The molecule has 0 saturated heterocycles. The third kappa shape index (κ3) is 2.04. The van der Waals surface area contributed by atoms with Gasteiger partial charge in [0.1, 0.15) is 5.82 Å². The molecule has 2 atom stereocenters. The molecular formula is C17H20N2O2. The molecule has 1 N–H and O–H groups in total. The maximum Gasteiger partial charge on any atom is 0.335 e. The van der Waals surface area contributed by atoms with Crippen LogP contribution in [0.15, 0.2) is 18.2 Å². The molecule has 1 heterocycles. The highest BCUT2D eigenvalue weighted by molar-refractivity contribution is 5.92. The zero-order valence-corrected chi connectivity index (χ0v) is 12.2. The number of carbonyl (C=O) groups is 1. The van der Waals surface area contributed by atoms with E-state index in [2.05, 4.69) is 11.5 Å². The second kappa shape index (κ2) is 4.58. The standard InChI is InChI=1S/C17H20N2O2/c1-10-3-2-4-14(10)19-15-8-7-12(17(20)21)9-13(15)18-16(19)11-5-6-11/h7-11,14H,2-6H2,1H3,(H,20,21). The third-order valence-electron chi connectivity index (χ3n) is 5.05. The number of carboxylic acid groups (broad SMARTS) is 1. The number of rotatable bonds is 3. The Bertz CT molecular complexity index is 715. The normalized spacial score (nSPS) is 25.6. The van der Waals surface area contributed by atoms with Crippen LogP contribution < -0.4 is 0 Å². The zero-order valence-electron chi connectivity index (χ0n) is 12.2. The predicted octanol–water partition coefficient (Wildman–Crippen LogP) is 3.97. The summed E-state index contributed by atoms with van der Waals surface area (Å²) >= 11 is 0. The zero-order chi connectivity index (χ0) is 14.6. The van der Waals surface area contributed by atoms with Crippen LogP contribution in [-0.4, -0.2) is 20.6 Å². The topological polar surface area (TPSA) is 55.1 Å². The SMILES string of the molecule is CC1CCCC1n1c(C2CC2)nc2cc(C(=O)O)ccc21. The Morgan fingerprint density at radius 2 is 2.10 bits per heavy atom. The molecule has 4 rings (SSSR count). The minimum Gasteiger partial charge on any atom is -0.478 e. The van der Waals surface area contributed by atoms with Crippen molar-refractivity contribution in [3.63, 3.8) is 0 Å². The molecule has 0 spiro atoms. The highest BCUT2D eigenvalue weighted by atomic mass is 16.4. The summed E-state index contributed by atoms with van der Waals surface area (Å²) in [7, 11) is 0. The maximum atomic E-state index is 11.2. The van der Waals surface area contributed by atoms with E-state index >= 15 is 0 Å². The molecule has 2 fully saturated rings. The number of fused-ring (bicyclic) bond motifs is 1. The van der Waals surface area contributed by atoms with Crippen LogP contribution in [0.4, 0.5) is 0 Å². The number of hydrogen-bond donors (Lipinski definition) is 1. The van der Waals surface area contributed by atoms with Crippen LogP contribution in [-0.2, 0) is 0 Å². The van der Waals surface area contributed by atoms with Gasteiger partial charge in [-0.25, -0.2) is 9.78 Å². The van der Waals surface area contributed by atoms with Crippen molar-refractivity contribution < 1.29 is 9.90 Å². The van der Waals surface area contributed by atoms with Crippen molar-refractivity contribution in [2.45, 2.75) is 51.0 Å². The molecule has 21 heavy (non-hydrogen) atoms. The monoisotopic (exact) mass is 284 g/mol. The summed E-state index contributed by atoms with van der Waals surface area (Å²) in [4.78, 5) is 16.0. The van der Waals surface area contributed by atoms with Gasteiger partial charge in [-0.3, -0.25) is 0 Å². The Hall–Kier alpha value is -1.84. The predicted molar refractivity (Wildman–Crippen MR) is 80.7 cm³/mol. The molecule has 0 amide bonds. The quantitative estimate of drug-likeness (QED) is 0.927. The molecule has 2 aromatic rings. The molecule has 2 aliphatic rings. The van der Waals surface area contributed by atoms with Crippen molar-refractivity contribution in [1.82, 2.24) is 9.55 Å². The second-order valence-electron chi connectivity index (χ2n) is 6.60. The maximum absolute atomic E-state index is 11.2. The minimum absolute atomic E-state index is 0.328. The van der Waals surface area contributed by atoms with E-state index in [1.165, 1.54) is 37.9 Å². The van der Waals surface area contributed by atoms with Gasteiger partial charge in [0, 0.05) is 12.0 Å². The molecule has 4 heteroatoms. The number of imidazole rings is 1. The first-order chi connectivity index (χ1) is 10.1. The Balaban J connectivity index is 1.90. The first kappa shape index (κ1) is 12.9. The lowest BCUT2D eigenvalue weighted by Crippen LogP contribution is -2.14. The summed E-state index contributed by atoms with van der Waals surface area (Å²) in [6, 6.07) is 5.91. The van der Waals surface area contributed by atoms with Gasteiger partial charge in [-0.15, -0.1) is 0 Å². The van der Waals surface area contributed by atoms with Gasteiger partial charge in [0.2, 0.25) is 0 Å². The molecule has 1 aromatic carbocycles. The van der Waals surface area contributed by atoms with Crippen LogP contribution in [0.3, 0.4) is 0 Å². The fraction of sp³-hybridized carbons (Fsp3) is 0.529. The number of aromatic nitrogens is 2. The summed E-state index contributed by atoms with van der Waals surface area (Å²) < 4.78 is 2.43. The Morgan fingerprint density at radius 3 is 2.71 bits per heavy atom. The average molecular weight is 284 g/mol. The van der Waals surface area contributed by atoms with E-state index in [9.17, 15) is 4.79 Å². The lowest BCUT2D eigenvalue weighted by molar-refractivity contribution is 0.0697. The molecule has 2 saturated carbocycles. The first-order valence-corrected chi connectivity index (χ1v) is 7.90. The van der Waals surface area contributed by atoms with Gasteiger partial charge in [0.25, 0.3) is 0 Å². The lowest BCUT2D eigenvalue weighted by atomic mass is 10.1. The Kier molecular flexibility index (Phi) is 2.81. The summed E-state index contributed by atoms with van der Waals surface area (Å²) in [5, 5.41) is 9.16. The van der Waals surface area contributed by atoms with Gasteiger partial charge in [-0.05, 0) is 49.8 Å². The smallest absolute Gasteiger partial charge is 0.335 e. The van der Waals surface area contributed by atoms with Crippen LogP contribution in [0.1, 0.15) is 67.2 Å². The Morgan fingerprint density at radius 1 is 1.29 bits per heavy atom. The summed E-state index contributed by atoms with van der Waals surface area (Å²) in [6.45, 7) is 2.33. The van der Waals surface area contributed by atoms with Crippen LogP contribution in [0.5, 0.6) is 0 Å². The lowest BCUT2D eigenvalue weighted by Gasteiger charge is -2.21. The van der Waals surface area contributed by atoms with E-state index in [4.69, 9.17) is 10.1 Å². The molecule has 0 radical (unpaired) electrons. The highest BCUT2D eigenvalue weighted by Crippen LogP contribution is 2.45. The van der Waals surface area contributed by atoms with E-state index in [-0.39, 0.29) is 0 Å². The second-order valence-corrected chi connectivity index (χ2v) is 6.60. The number of hydrogen-bond acceptors (Lipinski definition) is 2. The molecule has 0 bridgehead atoms. The van der Waals surface area contributed by atoms with E-state index < -0.39 is 5.97 Å². The van der Waals surface area contributed by atoms with Crippen molar-refractivity contribution in [3.8, 4) is 0 Å². The minimum atomic E-state index is -0.881. The molecule has 1 aromatic heterocycles. The fourth-order valence-electron chi connectivity index (χ4n) is 3.74. The number of aromatic carboxylic acids is 1. The van der Waals surface area contributed by atoms with Gasteiger partial charge >= 0.3 is 5.97 Å². The van der Waals surface area contributed by atoms with Crippen molar-refractivity contribution in [2.75, 3.05) is 0 Å². The van der Waals surface area contributed by atoms with Crippen molar-refractivity contribution in [2.24, 2.45) is 5.92 Å². The van der Waals surface area contributed by atoms with Gasteiger partial charge < -0.3 is 9.67 Å². The molecule has 2 aliphatic carbocycles. The van der Waals surface area contributed by atoms with Crippen molar-refractivity contribution >= 4 is 17.0 Å². The van der Waals surface area contributed by atoms with Gasteiger partial charge in [0.15, 0.2) is 0 Å². The van der Waals surface area contributed by atoms with Crippen LogP contribution in [0, 0.1) is 5.92 Å². The molecule has 4 nitrogen and oxygen atoms in total.